The van der Waals surface area contributed by atoms with Crippen molar-refractivity contribution in [3.63, 3.8) is 0 Å². The lowest BCUT2D eigenvalue weighted by atomic mass is 10.2. The van der Waals surface area contributed by atoms with Crippen molar-refractivity contribution in [2.45, 2.75) is 0 Å². The van der Waals surface area contributed by atoms with Gasteiger partial charge in [0.1, 0.15) is 0 Å². The van der Waals surface area contributed by atoms with Crippen LogP contribution in [0.2, 0.25) is 0 Å². The van der Waals surface area contributed by atoms with Gasteiger partial charge in [-0.2, -0.15) is 10.1 Å². The highest BCUT2D eigenvalue weighted by atomic mass is 16.1. The van der Waals surface area contributed by atoms with Crippen molar-refractivity contribution in [3.8, 4) is 11.3 Å². The van der Waals surface area contributed by atoms with Crippen molar-refractivity contribution in [3.05, 3.63) is 40.7 Å². The molecule has 0 atom stereocenters. The molecule has 1 aromatic heterocycles. The van der Waals surface area contributed by atoms with E-state index in [2.05, 4.69) is 10.1 Å². The summed E-state index contributed by atoms with van der Waals surface area (Å²) < 4.78 is 1.38. The number of aryl methyl sites for hydroxylation is 1. The zero-order valence-corrected chi connectivity index (χ0v) is 8.21. The number of nitrogens with two attached hydrogens (primary N) is 1. The van der Waals surface area contributed by atoms with Crippen LogP contribution in [0.25, 0.3) is 11.3 Å². The van der Waals surface area contributed by atoms with Crippen molar-refractivity contribution >= 4 is 5.95 Å². The molecule has 5 heteroatoms. The van der Waals surface area contributed by atoms with Crippen LogP contribution in [0.4, 0.5) is 5.95 Å². The number of hydrogen-bond donors (Lipinski definition) is 1. The first-order chi connectivity index (χ1) is 7.18. The molecule has 0 saturated heterocycles. The second kappa shape index (κ2) is 3.53. The lowest BCUT2D eigenvalue weighted by molar-refractivity contribution is 0.726. The largest absolute Gasteiger partial charge is 0.368 e. The molecule has 15 heavy (non-hydrogen) atoms. The number of nitrogen functional groups attached to an aromatic ring is 1. The molecule has 0 spiro atoms. The summed E-state index contributed by atoms with van der Waals surface area (Å²) in [6, 6.07) is 9.17. The van der Waals surface area contributed by atoms with Gasteiger partial charge in [-0.25, -0.2) is 4.68 Å². The van der Waals surface area contributed by atoms with Crippen molar-refractivity contribution in [1.29, 1.82) is 0 Å². The van der Waals surface area contributed by atoms with E-state index in [0.717, 1.165) is 5.56 Å². The van der Waals surface area contributed by atoms with Crippen LogP contribution in [0.1, 0.15) is 0 Å². The van der Waals surface area contributed by atoms with Gasteiger partial charge in [0.05, 0.1) is 0 Å². The van der Waals surface area contributed by atoms with Crippen LogP contribution in [0.3, 0.4) is 0 Å². The topological polar surface area (TPSA) is 73.8 Å². The van der Waals surface area contributed by atoms with E-state index >= 15 is 0 Å². The summed E-state index contributed by atoms with van der Waals surface area (Å²) in [6.45, 7) is 0. The van der Waals surface area contributed by atoms with Gasteiger partial charge in [-0.15, -0.1) is 0 Å². The Balaban J connectivity index is 2.65. The molecule has 0 aliphatic carbocycles. The van der Waals surface area contributed by atoms with Gasteiger partial charge in [-0.3, -0.25) is 4.79 Å². The van der Waals surface area contributed by atoms with Crippen LogP contribution >= 0.6 is 0 Å². The zero-order valence-electron chi connectivity index (χ0n) is 8.21. The molecule has 2 aromatic rings. The Labute approximate surface area is 86.2 Å². The highest BCUT2D eigenvalue weighted by molar-refractivity contribution is 5.57. The first kappa shape index (κ1) is 9.39. The molecule has 2 rings (SSSR count). The minimum absolute atomic E-state index is 0.111. The van der Waals surface area contributed by atoms with Crippen LogP contribution in [0, 0.1) is 0 Å². The van der Waals surface area contributed by atoms with E-state index in [1.54, 1.807) is 7.05 Å². The maximum absolute atomic E-state index is 11.5. The number of benzene rings is 1. The lowest BCUT2D eigenvalue weighted by Crippen LogP contribution is -2.20. The van der Waals surface area contributed by atoms with Crippen molar-refractivity contribution in [1.82, 2.24) is 14.8 Å². The third-order valence-electron chi connectivity index (χ3n) is 2.05. The average molecular weight is 202 g/mol. The van der Waals surface area contributed by atoms with Crippen LogP contribution in [0.15, 0.2) is 35.1 Å². The molecule has 5 nitrogen and oxygen atoms in total. The standard InChI is InChI=1S/C10H10N4O/c1-14-10(11)12-9(15)8(13-14)7-5-3-2-4-6-7/h2-6H,1H3,(H2,11,12,15). The third-order valence-corrected chi connectivity index (χ3v) is 2.05. The predicted octanol–water partition coefficient (Wildman–Crippen LogP) is 0.424. The number of rotatable bonds is 1. The summed E-state index contributed by atoms with van der Waals surface area (Å²) in [6.07, 6.45) is 0. The van der Waals surface area contributed by atoms with E-state index in [9.17, 15) is 4.79 Å². The molecule has 0 aliphatic rings. The van der Waals surface area contributed by atoms with Crippen LogP contribution in [0.5, 0.6) is 0 Å². The number of aromatic nitrogens is 3. The third kappa shape index (κ3) is 1.71. The molecule has 1 aromatic carbocycles. The van der Waals surface area contributed by atoms with Crippen molar-refractivity contribution in [2.75, 3.05) is 5.73 Å². The average Bonchev–Trinajstić information content (AvgIpc) is 2.25. The van der Waals surface area contributed by atoms with E-state index in [1.165, 1.54) is 4.68 Å². The van der Waals surface area contributed by atoms with E-state index in [1.807, 2.05) is 30.3 Å². The summed E-state index contributed by atoms with van der Waals surface area (Å²) in [5, 5.41) is 4.06. The fourth-order valence-electron chi connectivity index (χ4n) is 1.25. The van der Waals surface area contributed by atoms with Gasteiger partial charge in [0.2, 0.25) is 5.95 Å². The van der Waals surface area contributed by atoms with Gasteiger partial charge in [-0.05, 0) is 0 Å². The highest BCUT2D eigenvalue weighted by Crippen LogP contribution is 2.10. The summed E-state index contributed by atoms with van der Waals surface area (Å²) in [5.41, 5.74) is 6.10. The highest BCUT2D eigenvalue weighted by Gasteiger charge is 2.07. The molecular formula is C10H10N4O. The molecule has 76 valence electrons. The molecule has 2 N–H and O–H groups in total. The van der Waals surface area contributed by atoms with E-state index < -0.39 is 5.56 Å². The van der Waals surface area contributed by atoms with Crippen LogP contribution in [-0.4, -0.2) is 14.8 Å². The second-order valence-electron chi connectivity index (χ2n) is 3.11. The van der Waals surface area contributed by atoms with Crippen molar-refractivity contribution < 1.29 is 0 Å². The molecule has 0 saturated carbocycles. The minimum atomic E-state index is -0.406. The maximum Gasteiger partial charge on any atom is 0.301 e. The minimum Gasteiger partial charge on any atom is -0.368 e. The summed E-state index contributed by atoms with van der Waals surface area (Å²) in [4.78, 5) is 15.2. The fraction of sp³-hybridized carbons (Fsp3) is 0.100. The quantitative estimate of drug-likeness (QED) is 0.727. The monoisotopic (exact) mass is 202 g/mol. The lowest BCUT2D eigenvalue weighted by Gasteiger charge is -2.03. The van der Waals surface area contributed by atoms with Gasteiger partial charge in [0.25, 0.3) is 0 Å². The number of anilines is 1. The van der Waals surface area contributed by atoms with Gasteiger partial charge in [0.15, 0.2) is 5.69 Å². The summed E-state index contributed by atoms with van der Waals surface area (Å²) in [7, 11) is 1.65. The molecule has 0 fully saturated rings. The molecule has 0 unspecified atom stereocenters. The Hall–Kier alpha value is -2.17. The van der Waals surface area contributed by atoms with Crippen molar-refractivity contribution in [2.24, 2.45) is 7.05 Å². The molecular weight excluding hydrogens is 192 g/mol. The van der Waals surface area contributed by atoms with Crippen LogP contribution in [-0.2, 0) is 7.05 Å². The molecule has 0 bridgehead atoms. The Morgan fingerprint density at radius 2 is 1.93 bits per heavy atom. The smallest absolute Gasteiger partial charge is 0.301 e. The zero-order chi connectivity index (χ0) is 10.8. The Bertz CT molecular complexity index is 533. The van der Waals surface area contributed by atoms with E-state index in [0.29, 0.717) is 5.69 Å². The van der Waals surface area contributed by atoms with E-state index in [-0.39, 0.29) is 5.95 Å². The van der Waals surface area contributed by atoms with E-state index in [4.69, 9.17) is 5.73 Å². The Morgan fingerprint density at radius 1 is 1.27 bits per heavy atom. The fourth-order valence-corrected chi connectivity index (χ4v) is 1.25. The molecule has 0 amide bonds. The van der Waals surface area contributed by atoms with Gasteiger partial charge in [0, 0.05) is 12.6 Å². The molecule has 1 heterocycles. The molecule has 0 radical (unpaired) electrons. The Morgan fingerprint density at radius 3 is 2.60 bits per heavy atom. The molecule has 0 aliphatic heterocycles. The first-order valence-corrected chi connectivity index (χ1v) is 4.45. The van der Waals surface area contributed by atoms with Gasteiger partial charge in [-0.1, -0.05) is 30.3 Å². The second-order valence-corrected chi connectivity index (χ2v) is 3.11. The predicted molar refractivity (Wildman–Crippen MR) is 57.1 cm³/mol. The summed E-state index contributed by atoms with van der Waals surface area (Å²) >= 11 is 0. The van der Waals surface area contributed by atoms with Crippen LogP contribution < -0.4 is 11.3 Å². The normalized spacial score (nSPS) is 10.2. The Kier molecular flexibility index (Phi) is 2.21. The van der Waals surface area contributed by atoms with Gasteiger partial charge < -0.3 is 5.73 Å². The number of hydrogen-bond acceptors (Lipinski definition) is 4. The number of nitrogens with zero attached hydrogens (tertiary/aromatic N) is 3. The van der Waals surface area contributed by atoms with Gasteiger partial charge >= 0.3 is 5.56 Å². The summed E-state index contributed by atoms with van der Waals surface area (Å²) in [5.74, 6) is 0.111. The maximum atomic E-state index is 11.5. The first-order valence-electron chi connectivity index (χ1n) is 4.45. The SMILES string of the molecule is Cn1nc(-c2ccccc2)c(=O)nc1N.